The zero-order valence-corrected chi connectivity index (χ0v) is 24.9. The van der Waals surface area contributed by atoms with Crippen molar-refractivity contribution in [2.45, 2.75) is 47.1 Å². The topological polar surface area (TPSA) is 120 Å². The van der Waals surface area contributed by atoms with E-state index in [0.29, 0.717) is 17.6 Å². The summed E-state index contributed by atoms with van der Waals surface area (Å²) in [5.74, 6) is -0.116. The zero-order valence-electron chi connectivity index (χ0n) is 23.3. The van der Waals surface area contributed by atoms with Crippen LogP contribution in [-0.2, 0) is 31.1 Å². The van der Waals surface area contributed by atoms with E-state index in [4.69, 9.17) is 14.7 Å². The van der Waals surface area contributed by atoms with Crippen molar-refractivity contribution < 1.29 is 21.6 Å². The van der Waals surface area contributed by atoms with Crippen LogP contribution in [0.5, 0.6) is 0 Å². The monoisotopic (exact) mass is 612 g/mol. The van der Waals surface area contributed by atoms with Gasteiger partial charge in [0.15, 0.2) is 5.65 Å². The van der Waals surface area contributed by atoms with Crippen LogP contribution in [0.3, 0.4) is 0 Å². The molecule has 3 heterocycles. The standard InChI is InChI=1S/C32H28N4O5S2/c1-21-12-15-25(16-13-21)42(37,38)30-29-31(34-28-11-5-4-10-27(28)33-29)36(20-24-9-6-18-41-24)32(30)35-43(39,40)26-17-14-22-7-2-3-8-23(22)19-26/h2-5,7-8,10-17,19,24,35H,6,9,18,20H2,1H3. The van der Waals surface area contributed by atoms with Gasteiger partial charge in [0, 0.05) is 6.61 Å². The number of aryl methyl sites for hydroxylation is 1. The van der Waals surface area contributed by atoms with Crippen LogP contribution in [0.25, 0.3) is 33.0 Å². The number of hydrogen-bond donors (Lipinski definition) is 1. The second-order valence-electron chi connectivity index (χ2n) is 10.7. The van der Waals surface area contributed by atoms with E-state index in [9.17, 15) is 16.8 Å². The predicted octanol–water partition coefficient (Wildman–Crippen LogP) is 5.86. The third-order valence-corrected chi connectivity index (χ3v) is 10.9. The van der Waals surface area contributed by atoms with Gasteiger partial charge in [-0.3, -0.25) is 4.72 Å². The molecule has 1 unspecified atom stereocenters. The molecule has 0 saturated carbocycles. The van der Waals surface area contributed by atoms with Crippen LogP contribution in [-0.4, -0.2) is 44.1 Å². The largest absolute Gasteiger partial charge is 0.376 e. The van der Waals surface area contributed by atoms with E-state index in [2.05, 4.69) is 4.72 Å². The summed E-state index contributed by atoms with van der Waals surface area (Å²) in [6.07, 6.45) is 1.35. The van der Waals surface area contributed by atoms with Gasteiger partial charge in [-0.1, -0.05) is 60.2 Å². The summed E-state index contributed by atoms with van der Waals surface area (Å²) < 4.78 is 67.0. The average molecular weight is 613 g/mol. The summed E-state index contributed by atoms with van der Waals surface area (Å²) in [7, 11) is -8.53. The second-order valence-corrected chi connectivity index (χ2v) is 14.3. The molecular formula is C32H28N4O5S2. The van der Waals surface area contributed by atoms with Crippen LogP contribution in [0.4, 0.5) is 5.82 Å². The molecule has 43 heavy (non-hydrogen) atoms. The third-order valence-electron chi connectivity index (χ3n) is 7.78. The van der Waals surface area contributed by atoms with E-state index in [1.54, 1.807) is 47.0 Å². The Morgan fingerprint density at radius 1 is 0.837 bits per heavy atom. The van der Waals surface area contributed by atoms with E-state index in [1.165, 1.54) is 18.2 Å². The SMILES string of the molecule is Cc1ccc(S(=O)(=O)c2c(NS(=O)(=O)c3ccc4ccccc4c3)n(CC3CCCO3)c3nc4ccccc4nc23)cc1. The van der Waals surface area contributed by atoms with Crippen molar-refractivity contribution in [3.05, 3.63) is 96.6 Å². The molecule has 9 nitrogen and oxygen atoms in total. The first-order valence-electron chi connectivity index (χ1n) is 13.9. The van der Waals surface area contributed by atoms with E-state index < -0.39 is 19.9 Å². The highest BCUT2D eigenvalue weighted by atomic mass is 32.2. The highest BCUT2D eigenvalue weighted by Crippen LogP contribution is 2.39. The lowest BCUT2D eigenvalue weighted by molar-refractivity contribution is 0.0983. The first-order valence-corrected chi connectivity index (χ1v) is 16.9. The predicted molar refractivity (Wildman–Crippen MR) is 165 cm³/mol. The molecule has 1 N–H and O–H groups in total. The van der Waals surface area contributed by atoms with E-state index in [1.807, 2.05) is 37.3 Å². The highest BCUT2D eigenvalue weighted by Gasteiger charge is 2.35. The third kappa shape index (κ3) is 4.93. The number of para-hydroxylation sites is 2. The number of sulfone groups is 1. The zero-order chi connectivity index (χ0) is 29.8. The van der Waals surface area contributed by atoms with Gasteiger partial charge in [0.1, 0.15) is 16.2 Å². The number of nitrogens with zero attached hydrogens (tertiary/aromatic N) is 3. The van der Waals surface area contributed by atoms with Crippen LogP contribution in [0.2, 0.25) is 0 Å². The van der Waals surface area contributed by atoms with Crippen molar-refractivity contribution in [2.75, 3.05) is 11.3 Å². The molecule has 7 rings (SSSR count). The number of ether oxygens (including phenoxy) is 1. The van der Waals surface area contributed by atoms with Crippen molar-refractivity contribution in [1.29, 1.82) is 0 Å². The minimum Gasteiger partial charge on any atom is -0.376 e. The summed E-state index contributed by atoms with van der Waals surface area (Å²) in [6, 6.07) is 25.9. The summed E-state index contributed by atoms with van der Waals surface area (Å²) in [6.45, 7) is 2.64. The highest BCUT2D eigenvalue weighted by molar-refractivity contribution is 7.93. The van der Waals surface area contributed by atoms with Gasteiger partial charge < -0.3 is 9.30 Å². The first-order chi connectivity index (χ1) is 20.7. The quantitative estimate of drug-likeness (QED) is 0.240. The number of anilines is 1. The average Bonchev–Trinajstić information content (AvgIpc) is 3.62. The van der Waals surface area contributed by atoms with Crippen LogP contribution >= 0.6 is 0 Å². The molecule has 1 fully saturated rings. The van der Waals surface area contributed by atoms with Crippen LogP contribution in [0.1, 0.15) is 18.4 Å². The van der Waals surface area contributed by atoms with Gasteiger partial charge in [0.2, 0.25) is 9.84 Å². The molecule has 0 radical (unpaired) electrons. The van der Waals surface area contributed by atoms with Gasteiger partial charge in [-0.15, -0.1) is 0 Å². The Bertz CT molecular complexity index is 2240. The minimum atomic E-state index is -4.27. The lowest BCUT2D eigenvalue weighted by Crippen LogP contribution is -2.21. The molecule has 218 valence electrons. The second kappa shape index (κ2) is 10.4. The molecule has 0 aliphatic carbocycles. The number of sulfonamides is 1. The van der Waals surface area contributed by atoms with Crippen molar-refractivity contribution in [3.8, 4) is 0 Å². The molecule has 1 aliphatic rings. The molecule has 1 atom stereocenters. The number of nitrogens with one attached hydrogen (secondary N) is 1. The molecule has 1 aliphatic heterocycles. The van der Waals surface area contributed by atoms with Gasteiger partial charge in [0.05, 0.1) is 33.5 Å². The normalized spacial score (nSPS) is 15.9. The van der Waals surface area contributed by atoms with Crippen molar-refractivity contribution in [1.82, 2.24) is 14.5 Å². The van der Waals surface area contributed by atoms with Crippen LogP contribution < -0.4 is 4.72 Å². The van der Waals surface area contributed by atoms with Crippen molar-refractivity contribution >= 4 is 58.6 Å². The Morgan fingerprint density at radius 2 is 1.51 bits per heavy atom. The van der Waals surface area contributed by atoms with Gasteiger partial charge in [0.25, 0.3) is 10.0 Å². The maximum Gasteiger partial charge on any atom is 0.263 e. The molecule has 4 aromatic carbocycles. The molecule has 0 spiro atoms. The summed E-state index contributed by atoms with van der Waals surface area (Å²) in [5.41, 5.74) is 2.30. The number of aromatic nitrogens is 3. The van der Waals surface area contributed by atoms with Gasteiger partial charge in [-0.2, -0.15) is 0 Å². The fourth-order valence-corrected chi connectivity index (χ4v) is 8.27. The van der Waals surface area contributed by atoms with Gasteiger partial charge >= 0.3 is 0 Å². The molecule has 0 bridgehead atoms. The van der Waals surface area contributed by atoms with E-state index in [0.717, 1.165) is 29.2 Å². The molecule has 0 amide bonds. The fraction of sp³-hybridized carbons (Fsp3) is 0.188. The Hall–Kier alpha value is -4.32. The lowest BCUT2D eigenvalue weighted by Gasteiger charge is -2.17. The summed E-state index contributed by atoms with van der Waals surface area (Å²) >= 11 is 0. The van der Waals surface area contributed by atoms with Crippen molar-refractivity contribution in [2.24, 2.45) is 0 Å². The van der Waals surface area contributed by atoms with Crippen molar-refractivity contribution in [3.63, 3.8) is 0 Å². The molecule has 1 saturated heterocycles. The Labute approximate surface area is 249 Å². The first kappa shape index (κ1) is 27.5. The van der Waals surface area contributed by atoms with Gasteiger partial charge in [-0.05, 0) is 66.9 Å². The van der Waals surface area contributed by atoms with E-state index in [-0.39, 0.29) is 44.3 Å². The molecule has 11 heteroatoms. The Kier molecular flexibility index (Phi) is 6.68. The summed E-state index contributed by atoms with van der Waals surface area (Å²) in [4.78, 5) is 9.34. The fourth-order valence-electron chi connectivity index (χ4n) is 5.55. The number of fused-ring (bicyclic) bond motifs is 3. The van der Waals surface area contributed by atoms with Gasteiger partial charge in [-0.25, -0.2) is 26.8 Å². The lowest BCUT2D eigenvalue weighted by atomic mass is 10.1. The maximum absolute atomic E-state index is 14.4. The Morgan fingerprint density at radius 3 is 2.23 bits per heavy atom. The van der Waals surface area contributed by atoms with Crippen LogP contribution in [0, 0.1) is 6.92 Å². The number of hydrogen-bond acceptors (Lipinski definition) is 7. The smallest absolute Gasteiger partial charge is 0.263 e. The Balaban J connectivity index is 1.50. The molecule has 2 aromatic heterocycles. The molecular weight excluding hydrogens is 585 g/mol. The summed E-state index contributed by atoms with van der Waals surface area (Å²) in [5, 5.41) is 1.63. The maximum atomic E-state index is 14.4. The van der Waals surface area contributed by atoms with E-state index >= 15 is 0 Å². The number of rotatable bonds is 7. The van der Waals surface area contributed by atoms with Crippen LogP contribution in [0.15, 0.2) is 106 Å². The molecule has 6 aromatic rings. The number of benzene rings is 4. The minimum absolute atomic E-state index is 0.00452.